The Morgan fingerprint density at radius 1 is 1.20 bits per heavy atom. The van der Waals surface area contributed by atoms with Crippen molar-refractivity contribution < 1.29 is 14.4 Å². The largest absolute Gasteiger partial charge is 0.477 e. The van der Waals surface area contributed by atoms with Crippen LogP contribution >= 0.6 is 15.9 Å². The molecule has 0 aliphatic carbocycles. The number of benzene rings is 2. The van der Waals surface area contributed by atoms with Gasteiger partial charge in [0.15, 0.2) is 0 Å². The van der Waals surface area contributed by atoms with Gasteiger partial charge >= 0.3 is 5.97 Å². The van der Waals surface area contributed by atoms with Crippen LogP contribution < -0.4 is 0 Å². The molecule has 2 aromatic carbocycles. The first kappa shape index (κ1) is 12.9. The number of halogens is 1. The zero-order valence-corrected chi connectivity index (χ0v) is 12.1. The number of aromatic carboxylic acids is 1. The average Bonchev–Trinajstić information content (AvgIpc) is 2.81. The molecule has 0 radical (unpaired) electrons. The summed E-state index contributed by atoms with van der Waals surface area (Å²) in [6.07, 6.45) is 0. The van der Waals surface area contributed by atoms with Crippen LogP contribution in [0.4, 0.5) is 0 Å². The van der Waals surface area contributed by atoms with Crippen molar-refractivity contribution in [3.63, 3.8) is 0 Å². The number of carboxylic acid groups (broad SMARTS) is 1. The zero-order valence-electron chi connectivity index (χ0n) is 10.6. The van der Waals surface area contributed by atoms with Crippen LogP contribution in [0.2, 0.25) is 0 Å². The van der Waals surface area contributed by atoms with Gasteiger partial charge in [-0.25, -0.2) is 4.79 Å². The number of nitrogens with zero attached hydrogens (tertiary/aromatic N) is 1. The third kappa shape index (κ3) is 1.91. The van der Waals surface area contributed by atoms with Crippen molar-refractivity contribution in [1.29, 1.82) is 0 Å². The Balaban J connectivity index is 2.37. The summed E-state index contributed by atoms with van der Waals surface area (Å²) in [4.78, 5) is 11.4. The van der Waals surface area contributed by atoms with Crippen LogP contribution in [0.15, 0.2) is 45.4 Å². The minimum Gasteiger partial charge on any atom is -0.477 e. The molecule has 0 aliphatic rings. The zero-order chi connectivity index (χ0) is 14.3. The molecule has 3 aromatic rings. The average molecular weight is 332 g/mol. The number of hydrogen-bond acceptors (Lipinski definition) is 3. The van der Waals surface area contributed by atoms with Gasteiger partial charge in [0, 0.05) is 10.0 Å². The Hall–Kier alpha value is -2.14. The van der Waals surface area contributed by atoms with Gasteiger partial charge in [-0.1, -0.05) is 51.4 Å². The predicted octanol–water partition coefficient (Wildman–Crippen LogP) is 4.26. The van der Waals surface area contributed by atoms with E-state index < -0.39 is 5.97 Å². The van der Waals surface area contributed by atoms with Crippen LogP contribution in [0.1, 0.15) is 16.1 Å². The van der Waals surface area contributed by atoms with E-state index in [1.165, 1.54) is 0 Å². The highest BCUT2D eigenvalue weighted by molar-refractivity contribution is 9.10. The van der Waals surface area contributed by atoms with E-state index in [4.69, 9.17) is 4.52 Å². The lowest BCUT2D eigenvalue weighted by Gasteiger charge is -2.06. The Kier molecular flexibility index (Phi) is 3.06. The predicted molar refractivity (Wildman–Crippen MR) is 78.8 cm³/mol. The van der Waals surface area contributed by atoms with Crippen LogP contribution in [-0.2, 0) is 0 Å². The fraction of sp³-hybridized carbons (Fsp3) is 0.0667. The van der Waals surface area contributed by atoms with E-state index in [9.17, 15) is 9.90 Å². The van der Waals surface area contributed by atoms with Crippen molar-refractivity contribution >= 4 is 32.7 Å². The molecule has 100 valence electrons. The first-order chi connectivity index (χ1) is 9.59. The Morgan fingerprint density at radius 2 is 1.90 bits per heavy atom. The second-order valence-electron chi connectivity index (χ2n) is 4.41. The summed E-state index contributed by atoms with van der Waals surface area (Å²) >= 11 is 3.50. The van der Waals surface area contributed by atoms with Gasteiger partial charge in [0.05, 0.1) is 0 Å². The summed E-state index contributed by atoms with van der Waals surface area (Å²) in [5.74, 6) is -0.731. The van der Waals surface area contributed by atoms with Gasteiger partial charge in [0.25, 0.3) is 0 Å². The number of carbonyl (C=O) groups is 1. The normalized spacial score (nSPS) is 10.9. The number of aromatic nitrogens is 1. The van der Waals surface area contributed by atoms with E-state index in [1.54, 1.807) is 6.92 Å². The minimum atomic E-state index is -1.04. The minimum absolute atomic E-state index is 0.109. The molecule has 0 saturated carbocycles. The van der Waals surface area contributed by atoms with Crippen molar-refractivity contribution in [2.24, 2.45) is 0 Å². The summed E-state index contributed by atoms with van der Waals surface area (Å²) < 4.78 is 6.00. The van der Waals surface area contributed by atoms with Gasteiger partial charge in [-0.15, -0.1) is 0 Å². The lowest BCUT2D eigenvalue weighted by molar-refractivity contribution is 0.0696. The fourth-order valence-electron chi connectivity index (χ4n) is 2.28. The van der Waals surface area contributed by atoms with E-state index >= 15 is 0 Å². The summed E-state index contributed by atoms with van der Waals surface area (Å²) in [5, 5.41) is 15.2. The Morgan fingerprint density at radius 3 is 2.60 bits per heavy atom. The van der Waals surface area contributed by atoms with Crippen LogP contribution in [-0.4, -0.2) is 16.2 Å². The molecule has 0 aliphatic heterocycles. The molecule has 0 bridgehead atoms. The van der Waals surface area contributed by atoms with Crippen molar-refractivity contribution in [3.8, 4) is 11.3 Å². The van der Waals surface area contributed by atoms with E-state index in [0.29, 0.717) is 11.5 Å². The van der Waals surface area contributed by atoms with Gasteiger partial charge in [-0.05, 0) is 23.8 Å². The molecule has 0 spiro atoms. The van der Waals surface area contributed by atoms with E-state index in [-0.39, 0.29) is 5.56 Å². The van der Waals surface area contributed by atoms with Gasteiger partial charge in [0.2, 0.25) is 0 Å². The molecule has 4 nitrogen and oxygen atoms in total. The molecular weight excluding hydrogens is 322 g/mol. The van der Waals surface area contributed by atoms with Crippen molar-refractivity contribution in [2.75, 3.05) is 0 Å². The molecule has 0 saturated heterocycles. The third-order valence-corrected chi connectivity index (χ3v) is 3.89. The van der Waals surface area contributed by atoms with Crippen LogP contribution in [0.25, 0.3) is 22.0 Å². The maximum absolute atomic E-state index is 11.4. The van der Waals surface area contributed by atoms with Gasteiger partial charge in [-0.2, -0.15) is 0 Å². The standard InChI is InChI=1S/C15H10BrNO3/c1-8-13(15(18)19)14(17-20-8)11-6-7-12(16)10-5-3-2-4-9(10)11/h2-7H,1H3,(H,18,19). The van der Waals surface area contributed by atoms with Crippen LogP contribution in [0.5, 0.6) is 0 Å². The molecular formula is C15H10BrNO3. The number of fused-ring (bicyclic) bond motifs is 1. The molecule has 1 aromatic heterocycles. The van der Waals surface area contributed by atoms with Gasteiger partial charge < -0.3 is 9.63 Å². The first-order valence-electron chi connectivity index (χ1n) is 5.97. The van der Waals surface area contributed by atoms with E-state index in [1.807, 2.05) is 36.4 Å². The van der Waals surface area contributed by atoms with Crippen molar-refractivity contribution in [2.45, 2.75) is 6.92 Å². The van der Waals surface area contributed by atoms with Crippen molar-refractivity contribution in [1.82, 2.24) is 5.16 Å². The second-order valence-corrected chi connectivity index (χ2v) is 5.26. The molecule has 1 N–H and O–H groups in total. The molecule has 0 atom stereocenters. The fourth-order valence-corrected chi connectivity index (χ4v) is 2.75. The Bertz CT molecular complexity index is 823. The maximum atomic E-state index is 11.4. The number of carboxylic acids is 1. The van der Waals surface area contributed by atoms with Crippen LogP contribution in [0, 0.1) is 6.92 Å². The highest BCUT2D eigenvalue weighted by Gasteiger charge is 2.22. The number of aryl methyl sites for hydroxylation is 1. The maximum Gasteiger partial charge on any atom is 0.341 e. The van der Waals surface area contributed by atoms with E-state index in [0.717, 1.165) is 20.8 Å². The topological polar surface area (TPSA) is 63.3 Å². The summed E-state index contributed by atoms with van der Waals surface area (Å²) in [7, 11) is 0. The lowest BCUT2D eigenvalue weighted by Crippen LogP contribution is -1.99. The highest BCUT2D eigenvalue weighted by Crippen LogP contribution is 2.34. The first-order valence-corrected chi connectivity index (χ1v) is 6.76. The van der Waals surface area contributed by atoms with Crippen molar-refractivity contribution in [3.05, 3.63) is 52.2 Å². The van der Waals surface area contributed by atoms with Crippen LogP contribution in [0.3, 0.4) is 0 Å². The molecule has 5 heteroatoms. The summed E-state index contributed by atoms with van der Waals surface area (Å²) in [5.41, 5.74) is 1.22. The summed E-state index contributed by atoms with van der Waals surface area (Å²) in [6, 6.07) is 11.5. The van der Waals surface area contributed by atoms with Gasteiger partial charge in [0.1, 0.15) is 17.0 Å². The molecule has 20 heavy (non-hydrogen) atoms. The molecule has 0 amide bonds. The monoisotopic (exact) mass is 331 g/mol. The number of rotatable bonds is 2. The number of hydrogen-bond donors (Lipinski definition) is 1. The SMILES string of the molecule is Cc1onc(-c2ccc(Br)c3ccccc23)c1C(=O)O. The second kappa shape index (κ2) is 4.76. The smallest absolute Gasteiger partial charge is 0.341 e. The van der Waals surface area contributed by atoms with Gasteiger partial charge in [-0.3, -0.25) is 0 Å². The third-order valence-electron chi connectivity index (χ3n) is 3.20. The molecule has 0 unspecified atom stereocenters. The molecule has 1 heterocycles. The molecule has 3 rings (SSSR count). The molecule has 0 fully saturated rings. The highest BCUT2D eigenvalue weighted by atomic mass is 79.9. The lowest BCUT2D eigenvalue weighted by atomic mass is 9.99. The summed E-state index contributed by atoms with van der Waals surface area (Å²) in [6.45, 7) is 1.60. The Labute approximate surface area is 123 Å². The van der Waals surface area contributed by atoms with E-state index in [2.05, 4.69) is 21.1 Å². The quantitative estimate of drug-likeness (QED) is 0.761.